The van der Waals surface area contributed by atoms with Crippen molar-refractivity contribution in [2.75, 3.05) is 0 Å². The maximum absolute atomic E-state index is 10.5. The second kappa shape index (κ2) is 2.52. The molecule has 0 aliphatic carbocycles. The van der Waals surface area contributed by atoms with Crippen LogP contribution in [0.25, 0.3) is 0 Å². The van der Waals surface area contributed by atoms with Gasteiger partial charge in [-0.3, -0.25) is 25.5 Å². The van der Waals surface area contributed by atoms with Crippen LogP contribution < -0.4 is 10.6 Å². The number of nitro groups is 1. The van der Waals surface area contributed by atoms with E-state index in [4.69, 9.17) is 0 Å². The molecule has 0 aromatic rings. The third-order valence-corrected chi connectivity index (χ3v) is 1.18. The molecule has 1 fully saturated rings. The lowest BCUT2D eigenvalue weighted by molar-refractivity contribution is -0.526. The molecule has 60 valence electrons. The molecule has 1 rings (SSSR count). The summed E-state index contributed by atoms with van der Waals surface area (Å²) in [4.78, 5) is 30.3. The molecule has 7 heteroatoms. The molecule has 0 radical (unpaired) electrons. The number of carbonyl (C=O) groups is 2. The molecule has 1 heterocycles. The van der Waals surface area contributed by atoms with Gasteiger partial charge in [-0.25, -0.2) is 4.79 Å². The Balaban J connectivity index is 2.63. The molecule has 0 aromatic heterocycles. The molecule has 0 spiro atoms. The Morgan fingerprint density at radius 3 is 2.64 bits per heavy atom. The Morgan fingerprint density at radius 1 is 1.55 bits per heavy atom. The standard InChI is InChI=1S/C4H5N3O4/c8-3-1-2(7(10)11)5-4(9)6-3/h2H,1H2,(H2,5,6,8,9). The van der Waals surface area contributed by atoms with Crippen molar-refractivity contribution in [2.45, 2.75) is 12.6 Å². The first-order valence-electron chi connectivity index (χ1n) is 2.83. The fourth-order valence-corrected chi connectivity index (χ4v) is 0.719. The van der Waals surface area contributed by atoms with E-state index in [0.29, 0.717) is 0 Å². The first-order valence-corrected chi connectivity index (χ1v) is 2.83. The summed E-state index contributed by atoms with van der Waals surface area (Å²) in [5.41, 5.74) is 0. The first kappa shape index (κ1) is 7.45. The molecule has 7 nitrogen and oxygen atoms in total. The third-order valence-electron chi connectivity index (χ3n) is 1.18. The van der Waals surface area contributed by atoms with Crippen LogP contribution in [0.5, 0.6) is 0 Å². The first-order chi connectivity index (χ1) is 5.09. The van der Waals surface area contributed by atoms with Crippen molar-refractivity contribution in [1.82, 2.24) is 10.6 Å². The maximum Gasteiger partial charge on any atom is 0.326 e. The highest BCUT2D eigenvalue weighted by atomic mass is 16.6. The maximum atomic E-state index is 10.5. The monoisotopic (exact) mass is 159 g/mol. The van der Waals surface area contributed by atoms with Crippen molar-refractivity contribution in [3.8, 4) is 0 Å². The smallest absolute Gasteiger partial charge is 0.278 e. The van der Waals surface area contributed by atoms with E-state index in [0.717, 1.165) is 0 Å². The van der Waals surface area contributed by atoms with Gasteiger partial charge in [0.15, 0.2) is 0 Å². The Hall–Kier alpha value is -1.66. The van der Waals surface area contributed by atoms with E-state index in [1.54, 1.807) is 0 Å². The Morgan fingerprint density at radius 2 is 2.18 bits per heavy atom. The molecule has 1 saturated heterocycles. The van der Waals surface area contributed by atoms with E-state index in [2.05, 4.69) is 0 Å². The lowest BCUT2D eigenvalue weighted by atomic mass is 10.3. The Kier molecular flexibility index (Phi) is 1.71. The van der Waals surface area contributed by atoms with Gasteiger partial charge in [0.2, 0.25) is 5.91 Å². The summed E-state index contributed by atoms with van der Waals surface area (Å²) in [5, 5.41) is 13.9. The molecule has 1 aliphatic heterocycles. The van der Waals surface area contributed by atoms with Crippen molar-refractivity contribution < 1.29 is 14.5 Å². The van der Waals surface area contributed by atoms with Gasteiger partial charge in [0.25, 0.3) is 6.17 Å². The van der Waals surface area contributed by atoms with Crippen LogP contribution in [-0.2, 0) is 4.79 Å². The highest BCUT2D eigenvalue weighted by Crippen LogP contribution is 1.97. The van der Waals surface area contributed by atoms with E-state index in [9.17, 15) is 19.7 Å². The summed E-state index contributed by atoms with van der Waals surface area (Å²) in [7, 11) is 0. The number of hydrogen-bond acceptors (Lipinski definition) is 4. The summed E-state index contributed by atoms with van der Waals surface area (Å²) in [6.07, 6.45) is -1.59. The molecule has 0 bridgehead atoms. The second-order valence-corrected chi connectivity index (χ2v) is 2.03. The molecule has 2 N–H and O–H groups in total. The van der Waals surface area contributed by atoms with E-state index in [1.165, 1.54) is 0 Å². The van der Waals surface area contributed by atoms with Crippen molar-refractivity contribution in [3.63, 3.8) is 0 Å². The van der Waals surface area contributed by atoms with E-state index >= 15 is 0 Å². The highest BCUT2D eigenvalue weighted by molar-refractivity contribution is 5.96. The minimum atomic E-state index is -1.28. The molecule has 11 heavy (non-hydrogen) atoms. The molecule has 0 saturated carbocycles. The zero-order chi connectivity index (χ0) is 8.43. The SMILES string of the molecule is O=C1CC([N+](=O)[O-])NC(=O)N1. The van der Waals surface area contributed by atoms with E-state index in [1.807, 2.05) is 10.6 Å². The number of carbonyl (C=O) groups excluding carboxylic acids is 2. The summed E-state index contributed by atoms with van der Waals surface area (Å²) < 4.78 is 0. The molecule has 1 unspecified atom stereocenters. The summed E-state index contributed by atoms with van der Waals surface area (Å²) in [5.74, 6) is -0.629. The van der Waals surface area contributed by atoms with Crippen molar-refractivity contribution >= 4 is 11.9 Å². The minimum absolute atomic E-state index is 0.307. The minimum Gasteiger partial charge on any atom is -0.278 e. The summed E-state index contributed by atoms with van der Waals surface area (Å²) >= 11 is 0. The van der Waals surface area contributed by atoms with Crippen molar-refractivity contribution in [3.05, 3.63) is 10.1 Å². The number of hydrogen-bond donors (Lipinski definition) is 2. The quantitative estimate of drug-likeness (QED) is 0.371. The van der Waals surface area contributed by atoms with Crippen molar-refractivity contribution in [2.24, 2.45) is 0 Å². The number of amides is 3. The largest absolute Gasteiger partial charge is 0.326 e. The van der Waals surface area contributed by atoms with Crippen LogP contribution in [0.15, 0.2) is 0 Å². The predicted octanol–water partition coefficient (Wildman–Crippen LogP) is -1.18. The zero-order valence-electron chi connectivity index (χ0n) is 5.36. The van der Waals surface area contributed by atoms with Gasteiger partial charge >= 0.3 is 6.03 Å². The Bertz CT molecular complexity index is 209. The highest BCUT2D eigenvalue weighted by Gasteiger charge is 2.31. The molecule has 1 aliphatic rings. The van der Waals surface area contributed by atoms with Gasteiger partial charge in [0.05, 0.1) is 0 Å². The van der Waals surface area contributed by atoms with Gasteiger partial charge in [-0.05, 0) is 0 Å². The van der Waals surface area contributed by atoms with Crippen molar-refractivity contribution in [1.29, 1.82) is 0 Å². The van der Waals surface area contributed by atoms with Gasteiger partial charge in [-0.2, -0.15) is 0 Å². The fraction of sp³-hybridized carbons (Fsp3) is 0.500. The van der Waals surface area contributed by atoms with Gasteiger partial charge in [0.1, 0.15) is 6.42 Å². The van der Waals surface area contributed by atoms with Crippen LogP contribution in [0.2, 0.25) is 0 Å². The van der Waals surface area contributed by atoms with Crippen LogP contribution in [0.1, 0.15) is 6.42 Å². The van der Waals surface area contributed by atoms with E-state index in [-0.39, 0.29) is 6.42 Å². The van der Waals surface area contributed by atoms with Crippen LogP contribution in [-0.4, -0.2) is 23.0 Å². The number of rotatable bonds is 1. The predicted molar refractivity (Wildman–Crippen MR) is 32.1 cm³/mol. The molecule has 3 amide bonds. The molecule has 1 atom stereocenters. The molecular formula is C4H5N3O4. The van der Waals surface area contributed by atoms with Crippen LogP contribution in [0.3, 0.4) is 0 Å². The van der Waals surface area contributed by atoms with Crippen LogP contribution in [0, 0.1) is 10.1 Å². The van der Waals surface area contributed by atoms with E-state index < -0.39 is 23.0 Å². The number of imide groups is 1. The van der Waals surface area contributed by atoms with Crippen LogP contribution >= 0.6 is 0 Å². The van der Waals surface area contributed by atoms with Gasteiger partial charge in [0, 0.05) is 4.92 Å². The van der Waals surface area contributed by atoms with Gasteiger partial charge in [-0.15, -0.1) is 0 Å². The number of nitrogens with zero attached hydrogens (tertiary/aromatic N) is 1. The lowest BCUT2D eigenvalue weighted by Crippen LogP contribution is -2.55. The van der Waals surface area contributed by atoms with Gasteiger partial charge < -0.3 is 0 Å². The topological polar surface area (TPSA) is 101 Å². The summed E-state index contributed by atoms with van der Waals surface area (Å²) in [6.45, 7) is 0. The average Bonchev–Trinajstić information content (AvgIpc) is 1.85. The average molecular weight is 159 g/mol. The van der Waals surface area contributed by atoms with Crippen LogP contribution in [0.4, 0.5) is 4.79 Å². The normalized spacial score (nSPS) is 23.8. The second-order valence-electron chi connectivity index (χ2n) is 2.03. The lowest BCUT2D eigenvalue weighted by Gasteiger charge is -2.15. The third kappa shape index (κ3) is 1.63. The summed E-state index contributed by atoms with van der Waals surface area (Å²) in [6, 6.07) is -0.817. The number of urea groups is 1. The molecule has 0 aromatic carbocycles. The number of nitrogens with one attached hydrogen (secondary N) is 2. The Labute approximate surface area is 60.9 Å². The fourth-order valence-electron chi connectivity index (χ4n) is 0.719. The van der Waals surface area contributed by atoms with Gasteiger partial charge in [-0.1, -0.05) is 0 Å². The zero-order valence-corrected chi connectivity index (χ0v) is 5.36. The molecular weight excluding hydrogens is 154 g/mol.